The lowest BCUT2D eigenvalue weighted by molar-refractivity contribution is -0.132. The molecular weight excluding hydrogens is 372 g/mol. The quantitative estimate of drug-likeness (QED) is 0.643. The number of methoxy groups -OCH3 is 1. The van der Waals surface area contributed by atoms with Crippen molar-refractivity contribution in [2.24, 2.45) is 0 Å². The number of fused-ring (bicyclic) bond motifs is 3. The molecule has 0 aliphatic carbocycles. The molecule has 0 spiro atoms. The lowest BCUT2D eigenvalue weighted by Gasteiger charge is -2.27. The Hall–Kier alpha value is -3.16. The number of nitrogens with zero attached hydrogens (tertiary/aromatic N) is 3. The van der Waals surface area contributed by atoms with E-state index < -0.39 is 0 Å². The molecule has 1 N–H and O–H groups in total. The predicted molar refractivity (Wildman–Crippen MR) is 105 cm³/mol. The molecule has 0 saturated carbocycles. The maximum Gasteiger partial charge on any atom is 0.337 e. The summed E-state index contributed by atoms with van der Waals surface area (Å²) in [4.78, 5) is 34.2. The minimum absolute atomic E-state index is 0.115. The Kier molecular flexibility index (Phi) is 5.33. The summed E-state index contributed by atoms with van der Waals surface area (Å²) in [6, 6.07) is 5.48. The smallest absolute Gasteiger partial charge is 0.337 e. The summed E-state index contributed by atoms with van der Waals surface area (Å²) in [5, 5.41) is 4.85. The summed E-state index contributed by atoms with van der Waals surface area (Å²) in [7, 11) is 1.37. The predicted octanol–water partition coefficient (Wildman–Crippen LogP) is 2.81. The number of hydrogen-bond donors (Lipinski definition) is 1. The molecule has 29 heavy (non-hydrogen) atoms. The van der Waals surface area contributed by atoms with Crippen LogP contribution in [0.3, 0.4) is 0 Å². The lowest BCUT2D eigenvalue weighted by Crippen LogP contribution is -2.35. The molecule has 0 radical (unpaired) electrons. The van der Waals surface area contributed by atoms with Gasteiger partial charge in [0.1, 0.15) is 0 Å². The Bertz CT molecular complexity index is 1050. The third-order valence-electron chi connectivity index (χ3n) is 5.36. The number of hydrogen-bond acceptors (Lipinski definition) is 6. The number of rotatable bonds is 6. The molecule has 1 aromatic carbocycles. The summed E-state index contributed by atoms with van der Waals surface area (Å²) < 4.78 is 10.0. The van der Waals surface area contributed by atoms with Gasteiger partial charge in [-0.25, -0.2) is 4.79 Å². The van der Waals surface area contributed by atoms with Crippen LogP contribution in [0.15, 0.2) is 22.7 Å². The first-order valence-electron chi connectivity index (χ1n) is 9.90. The monoisotopic (exact) mass is 396 g/mol. The molecule has 3 aromatic rings. The van der Waals surface area contributed by atoms with Crippen LogP contribution in [0.5, 0.6) is 0 Å². The van der Waals surface area contributed by atoms with E-state index in [9.17, 15) is 9.59 Å². The number of benzene rings is 1. The minimum atomic E-state index is -0.363. The van der Waals surface area contributed by atoms with Gasteiger partial charge in [0.2, 0.25) is 11.8 Å². The van der Waals surface area contributed by atoms with Crippen LogP contribution in [0, 0.1) is 0 Å². The van der Waals surface area contributed by atoms with E-state index in [1.54, 1.807) is 6.07 Å². The molecule has 152 valence electrons. The van der Waals surface area contributed by atoms with Gasteiger partial charge in [0.25, 0.3) is 0 Å². The van der Waals surface area contributed by atoms with Gasteiger partial charge in [-0.2, -0.15) is 4.98 Å². The molecular formula is C21H24N4O4. The molecule has 4 rings (SSSR count). The van der Waals surface area contributed by atoms with E-state index in [2.05, 4.69) is 15.1 Å². The molecule has 8 nitrogen and oxygen atoms in total. The third kappa shape index (κ3) is 3.87. The highest BCUT2D eigenvalue weighted by Gasteiger charge is 2.24. The molecule has 1 aliphatic heterocycles. The number of ether oxygens (including phenoxy) is 1. The van der Waals surface area contributed by atoms with E-state index in [0.717, 1.165) is 35.0 Å². The summed E-state index contributed by atoms with van der Waals surface area (Å²) >= 11 is 0. The van der Waals surface area contributed by atoms with Gasteiger partial charge in [-0.1, -0.05) is 12.1 Å². The highest BCUT2D eigenvalue weighted by Crippen LogP contribution is 2.29. The van der Waals surface area contributed by atoms with Crippen LogP contribution in [0.4, 0.5) is 0 Å². The molecule has 0 fully saturated rings. The van der Waals surface area contributed by atoms with E-state index in [0.29, 0.717) is 49.6 Å². The zero-order valence-corrected chi connectivity index (χ0v) is 16.7. The number of nitrogens with one attached hydrogen (secondary N) is 1. The summed E-state index contributed by atoms with van der Waals surface area (Å²) in [6.45, 7) is 3.20. The van der Waals surface area contributed by atoms with E-state index in [1.165, 1.54) is 7.11 Å². The molecule has 0 bridgehead atoms. The Morgan fingerprint density at radius 1 is 1.34 bits per heavy atom. The van der Waals surface area contributed by atoms with E-state index in [4.69, 9.17) is 9.26 Å². The number of aromatic amines is 1. The van der Waals surface area contributed by atoms with Crippen LogP contribution >= 0.6 is 0 Å². The Morgan fingerprint density at radius 2 is 2.21 bits per heavy atom. The number of amides is 1. The second kappa shape index (κ2) is 8.06. The van der Waals surface area contributed by atoms with Gasteiger partial charge in [-0.3, -0.25) is 4.79 Å². The van der Waals surface area contributed by atoms with Crippen LogP contribution in [0.2, 0.25) is 0 Å². The van der Waals surface area contributed by atoms with Crippen molar-refractivity contribution in [3.05, 3.63) is 46.7 Å². The van der Waals surface area contributed by atoms with Crippen molar-refractivity contribution in [3.63, 3.8) is 0 Å². The first-order valence-corrected chi connectivity index (χ1v) is 9.90. The van der Waals surface area contributed by atoms with Gasteiger partial charge in [-0.15, -0.1) is 0 Å². The summed E-state index contributed by atoms with van der Waals surface area (Å²) in [5.41, 5.74) is 3.69. The van der Waals surface area contributed by atoms with Crippen molar-refractivity contribution >= 4 is 22.8 Å². The third-order valence-corrected chi connectivity index (χ3v) is 5.36. The number of aryl methyl sites for hydroxylation is 2. The second-order valence-corrected chi connectivity index (χ2v) is 7.21. The molecule has 0 unspecified atom stereocenters. The van der Waals surface area contributed by atoms with E-state index >= 15 is 0 Å². The van der Waals surface area contributed by atoms with E-state index in [1.807, 2.05) is 24.0 Å². The number of H-pyrrole nitrogens is 1. The summed E-state index contributed by atoms with van der Waals surface area (Å²) in [5.74, 6) is 1.03. The first kappa shape index (κ1) is 19.2. The fourth-order valence-corrected chi connectivity index (χ4v) is 3.76. The second-order valence-electron chi connectivity index (χ2n) is 7.21. The average Bonchev–Trinajstić information content (AvgIpc) is 3.36. The Morgan fingerprint density at radius 3 is 2.97 bits per heavy atom. The van der Waals surface area contributed by atoms with Crippen molar-refractivity contribution in [2.75, 3.05) is 13.7 Å². The van der Waals surface area contributed by atoms with Gasteiger partial charge in [0.05, 0.1) is 12.7 Å². The first-order chi connectivity index (χ1) is 14.1. The van der Waals surface area contributed by atoms with Crippen LogP contribution in [0.1, 0.15) is 53.1 Å². The van der Waals surface area contributed by atoms with Gasteiger partial charge < -0.3 is 19.1 Å². The Balaban J connectivity index is 1.42. The molecule has 0 atom stereocenters. The van der Waals surface area contributed by atoms with Crippen LogP contribution in [0.25, 0.3) is 10.9 Å². The number of esters is 1. The number of carbonyl (C=O) groups excluding carboxylic acids is 2. The van der Waals surface area contributed by atoms with Gasteiger partial charge >= 0.3 is 5.97 Å². The Labute approximate surface area is 168 Å². The fraction of sp³-hybridized carbons (Fsp3) is 0.429. The van der Waals surface area contributed by atoms with Crippen molar-refractivity contribution in [3.8, 4) is 0 Å². The van der Waals surface area contributed by atoms with Gasteiger partial charge in [0, 0.05) is 60.9 Å². The van der Waals surface area contributed by atoms with Gasteiger partial charge in [0.15, 0.2) is 5.82 Å². The van der Waals surface area contributed by atoms with Crippen LogP contribution < -0.4 is 0 Å². The zero-order valence-electron chi connectivity index (χ0n) is 16.7. The van der Waals surface area contributed by atoms with Crippen molar-refractivity contribution in [2.45, 2.75) is 45.6 Å². The maximum absolute atomic E-state index is 12.7. The van der Waals surface area contributed by atoms with Crippen molar-refractivity contribution in [1.29, 1.82) is 0 Å². The topological polar surface area (TPSA) is 101 Å². The minimum Gasteiger partial charge on any atom is -0.465 e. The van der Waals surface area contributed by atoms with Crippen molar-refractivity contribution in [1.82, 2.24) is 20.0 Å². The molecule has 8 heteroatoms. The fourth-order valence-electron chi connectivity index (χ4n) is 3.76. The lowest BCUT2D eigenvalue weighted by atomic mass is 10.0. The highest BCUT2D eigenvalue weighted by molar-refractivity contribution is 5.96. The van der Waals surface area contributed by atoms with Crippen LogP contribution in [-0.2, 0) is 35.3 Å². The highest BCUT2D eigenvalue weighted by atomic mass is 16.5. The molecule has 2 aromatic heterocycles. The molecule has 3 heterocycles. The molecule has 1 aliphatic rings. The number of aromatic nitrogens is 3. The van der Waals surface area contributed by atoms with E-state index in [-0.39, 0.29) is 11.9 Å². The van der Waals surface area contributed by atoms with Crippen LogP contribution in [-0.4, -0.2) is 45.6 Å². The average molecular weight is 396 g/mol. The maximum atomic E-state index is 12.7. The van der Waals surface area contributed by atoms with Crippen molar-refractivity contribution < 1.29 is 18.8 Å². The largest absolute Gasteiger partial charge is 0.465 e. The zero-order chi connectivity index (χ0) is 20.4. The summed E-state index contributed by atoms with van der Waals surface area (Å²) in [6.07, 6.45) is 3.23. The van der Waals surface area contributed by atoms with Gasteiger partial charge in [-0.05, 0) is 24.6 Å². The number of carbonyl (C=O) groups is 2. The standard InChI is InChI=1S/C21H24N4O4/c1-3-18-23-19(29-24-18)5-4-6-20(26)25-10-9-17-15(12-25)14-11-13(21(27)28-2)7-8-16(14)22-17/h7-8,11,22H,3-6,9-10,12H2,1-2H3. The molecule has 1 amide bonds. The normalized spacial score (nSPS) is 13.5. The SMILES string of the molecule is CCc1noc(CCCC(=O)N2CCc3[nH]c4ccc(C(=O)OC)cc4c3C2)n1. The molecule has 0 saturated heterocycles.